The van der Waals surface area contributed by atoms with E-state index in [0.717, 1.165) is 18.4 Å². The lowest BCUT2D eigenvalue weighted by Crippen LogP contribution is -2.31. The number of halogens is 2. The maximum Gasteiger partial charge on any atom is 0.348 e. The van der Waals surface area contributed by atoms with Crippen molar-refractivity contribution in [2.75, 3.05) is 6.79 Å². The van der Waals surface area contributed by atoms with Gasteiger partial charge in [0.25, 0.3) is 0 Å². The molecule has 0 unspecified atom stereocenters. The number of nitrogens with two attached hydrogens (primary N) is 1. The second-order valence-corrected chi connectivity index (χ2v) is 4.82. The molecule has 1 aromatic rings. The lowest BCUT2D eigenvalue weighted by atomic mass is 9.80. The minimum absolute atomic E-state index is 0.168. The van der Waals surface area contributed by atoms with Gasteiger partial charge < -0.3 is 10.5 Å². The highest BCUT2D eigenvalue weighted by Gasteiger charge is 2.23. The summed E-state index contributed by atoms with van der Waals surface area (Å²) >= 11 is 0. The van der Waals surface area contributed by atoms with Crippen LogP contribution in [0.3, 0.4) is 0 Å². The summed E-state index contributed by atoms with van der Waals surface area (Å²) in [5.41, 5.74) is 7.25. The van der Waals surface area contributed by atoms with Crippen LogP contribution in [0.1, 0.15) is 37.2 Å². The van der Waals surface area contributed by atoms with Gasteiger partial charge in [-0.2, -0.15) is 8.78 Å². The first-order chi connectivity index (χ1) is 9.16. The summed E-state index contributed by atoms with van der Waals surface area (Å²) in [6.07, 6.45) is 4.45. The van der Waals surface area contributed by atoms with E-state index >= 15 is 0 Å². The van der Waals surface area contributed by atoms with Crippen LogP contribution >= 0.6 is 0 Å². The van der Waals surface area contributed by atoms with Gasteiger partial charge in [-0.25, -0.2) is 0 Å². The van der Waals surface area contributed by atoms with E-state index < -0.39 is 13.4 Å². The maximum absolute atomic E-state index is 11.8. The summed E-state index contributed by atoms with van der Waals surface area (Å²) in [6.45, 7) is -3.26. The van der Waals surface area contributed by atoms with Crippen molar-refractivity contribution in [1.29, 1.82) is 0 Å². The van der Waals surface area contributed by atoms with Crippen LogP contribution in [0.15, 0.2) is 24.3 Å². The van der Waals surface area contributed by atoms with Crippen LogP contribution in [0.4, 0.5) is 8.78 Å². The molecule has 0 heterocycles. The van der Waals surface area contributed by atoms with Gasteiger partial charge in [0.1, 0.15) is 5.75 Å². The predicted octanol–water partition coefficient (Wildman–Crippen LogP) is 3.25. The van der Waals surface area contributed by atoms with Gasteiger partial charge in [-0.1, -0.05) is 25.0 Å². The Kier molecular flexibility index (Phi) is 5.10. The van der Waals surface area contributed by atoms with Crippen molar-refractivity contribution in [3.8, 4) is 5.75 Å². The molecule has 0 radical (unpaired) electrons. The Hall–Kier alpha value is -1.20. The monoisotopic (exact) mass is 271 g/mol. The molecule has 0 amide bonds. The van der Waals surface area contributed by atoms with Crippen molar-refractivity contribution in [3.05, 3.63) is 29.8 Å². The highest BCUT2D eigenvalue weighted by molar-refractivity contribution is 5.32. The van der Waals surface area contributed by atoms with E-state index in [1.807, 2.05) is 18.2 Å². The molecule has 1 aliphatic rings. The Balaban J connectivity index is 1.98. The van der Waals surface area contributed by atoms with Gasteiger partial charge in [-0.3, -0.25) is 4.74 Å². The lowest BCUT2D eigenvalue weighted by molar-refractivity contribution is -0.167. The molecule has 5 heteroatoms. The van der Waals surface area contributed by atoms with E-state index in [1.54, 1.807) is 6.07 Å². The van der Waals surface area contributed by atoms with Crippen molar-refractivity contribution >= 4 is 0 Å². The first kappa shape index (κ1) is 14.2. The molecule has 0 spiro atoms. The third kappa shape index (κ3) is 4.14. The molecular formula is C14H19F2NO2. The van der Waals surface area contributed by atoms with Gasteiger partial charge >= 0.3 is 6.61 Å². The van der Waals surface area contributed by atoms with Crippen molar-refractivity contribution in [3.63, 3.8) is 0 Å². The number of hydrogen-bond donors (Lipinski definition) is 1. The summed E-state index contributed by atoms with van der Waals surface area (Å²) in [7, 11) is 0. The summed E-state index contributed by atoms with van der Waals surface area (Å²) < 4.78 is 32.9. The van der Waals surface area contributed by atoms with Gasteiger partial charge in [-0.15, -0.1) is 0 Å². The van der Waals surface area contributed by atoms with Crippen molar-refractivity contribution in [2.45, 2.75) is 44.3 Å². The normalized spacial score (nSPS) is 23.6. The Morgan fingerprint density at radius 3 is 2.79 bits per heavy atom. The number of benzene rings is 1. The van der Waals surface area contributed by atoms with Gasteiger partial charge in [0.15, 0.2) is 6.79 Å². The zero-order valence-electron chi connectivity index (χ0n) is 10.7. The molecule has 19 heavy (non-hydrogen) atoms. The average molecular weight is 271 g/mol. The van der Waals surface area contributed by atoms with Crippen LogP contribution < -0.4 is 10.5 Å². The van der Waals surface area contributed by atoms with Crippen LogP contribution in [0.5, 0.6) is 5.75 Å². The topological polar surface area (TPSA) is 44.5 Å². The van der Waals surface area contributed by atoms with Gasteiger partial charge in [0.2, 0.25) is 0 Å². The molecule has 1 aromatic carbocycles. The third-order valence-corrected chi connectivity index (χ3v) is 3.53. The first-order valence-electron chi connectivity index (χ1n) is 6.55. The minimum Gasteiger partial charge on any atom is -0.467 e. The number of hydrogen-bond acceptors (Lipinski definition) is 3. The zero-order chi connectivity index (χ0) is 13.7. The zero-order valence-corrected chi connectivity index (χ0v) is 10.7. The molecule has 1 fully saturated rings. The van der Waals surface area contributed by atoms with Crippen molar-refractivity contribution in [2.24, 2.45) is 5.73 Å². The molecule has 3 nitrogen and oxygen atoms in total. The molecule has 106 valence electrons. The number of alkyl halides is 2. The molecule has 0 saturated heterocycles. The van der Waals surface area contributed by atoms with Crippen molar-refractivity contribution in [1.82, 2.24) is 0 Å². The van der Waals surface area contributed by atoms with Gasteiger partial charge in [-0.05, 0) is 36.5 Å². The Bertz CT molecular complexity index is 401. The Morgan fingerprint density at radius 1 is 1.26 bits per heavy atom. The standard InChI is InChI=1S/C14H19F2NO2/c15-14(16)19-9-18-11-5-3-4-10(8-11)12-6-1-2-7-13(12)17/h3-5,8,12-14H,1-2,6-7,9,17H2/t12-,13-/m1/s1. The summed E-state index contributed by atoms with van der Waals surface area (Å²) in [5, 5.41) is 0. The first-order valence-corrected chi connectivity index (χ1v) is 6.55. The van der Waals surface area contributed by atoms with Gasteiger partial charge in [0, 0.05) is 6.04 Å². The molecule has 0 aliphatic heterocycles. The fraction of sp³-hybridized carbons (Fsp3) is 0.571. The van der Waals surface area contributed by atoms with E-state index in [2.05, 4.69) is 4.74 Å². The van der Waals surface area contributed by atoms with Crippen LogP contribution in [-0.2, 0) is 4.74 Å². The van der Waals surface area contributed by atoms with Crippen LogP contribution in [0.25, 0.3) is 0 Å². The molecule has 2 N–H and O–H groups in total. The molecule has 1 saturated carbocycles. The van der Waals surface area contributed by atoms with Crippen LogP contribution in [0, 0.1) is 0 Å². The molecular weight excluding hydrogens is 252 g/mol. The SMILES string of the molecule is N[C@@H]1CCCC[C@@H]1c1cccc(OCOC(F)F)c1. The Labute approximate surface area is 111 Å². The van der Waals surface area contributed by atoms with E-state index in [9.17, 15) is 8.78 Å². The van der Waals surface area contributed by atoms with E-state index in [1.165, 1.54) is 12.8 Å². The molecule has 2 atom stereocenters. The summed E-state index contributed by atoms with van der Waals surface area (Å²) in [5.74, 6) is 0.865. The number of rotatable bonds is 5. The van der Waals surface area contributed by atoms with E-state index in [0.29, 0.717) is 11.7 Å². The second kappa shape index (κ2) is 6.82. The third-order valence-electron chi connectivity index (χ3n) is 3.53. The molecule has 1 aliphatic carbocycles. The molecule has 0 bridgehead atoms. The average Bonchev–Trinajstić information content (AvgIpc) is 2.39. The largest absolute Gasteiger partial charge is 0.467 e. The maximum atomic E-state index is 11.8. The predicted molar refractivity (Wildman–Crippen MR) is 68.2 cm³/mol. The smallest absolute Gasteiger partial charge is 0.348 e. The summed E-state index contributed by atoms with van der Waals surface area (Å²) in [6, 6.07) is 7.63. The number of ether oxygens (including phenoxy) is 2. The Morgan fingerprint density at radius 2 is 2.05 bits per heavy atom. The molecule has 0 aromatic heterocycles. The van der Waals surface area contributed by atoms with Crippen LogP contribution in [0.2, 0.25) is 0 Å². The van der Waals surface area contributed by atoms with Gasteiger partial charge in [0.05, 0.1) is 0 Å². The fourth-order valence-electron chi connectivity index (χ4n) is 2.56. The summed E-state index contributed by atoms with van der Waals surface area (Å²) in [4.78, 5) is 0. The minimum atomic E-state index is -2.81. The van der Waals surface area contributed by atoms with E-state index in [-0.39, 0.29) is 6.04 Å². The highest BCUT2D eigenvalue weighted by Crippen LogP contribution is 2.33. The highest BCUT2D eigenvalue weighted by atomic mass is 19.3. The van der Waals surface area contributed by atoms with E-state index in [4.69, 9.17) is 10.5 Å². The lowest BCUT2D eigenvalue weighted by Gasteiger charge is -2.29. The van der Waals surface area contributed by atoms with Crippen molar-refractivity contribution < 1.29 is 18.3 Å². The fourth-order valence-corrected chi connectivity index (χ4v) is 2.56. The second-order valence-electron chi connectivity index (χ2n) is 4.82. The van der Waals surface area contributed by atoms with Crippen LogP contribution in [-0.4, -0.2) is 19.4 Å². The molecule has 2 rings (SSSR count). The quantitative estimate of drug-likeness (QED) is 0.836.